The van der Waals surface area contributed by atoms with Crippen molar-refractivity contribution in [3.63, 3.8) is 0 Å². The van der Waals surface area contributed by atoms with Crippen LogP contribution in [-0.2, 0) is 39.4 Å². The number of anilines is 1. The number of halogens is 12. The highest BCUT2D eigenvalue weighted by Crippen LogP contribution is 2.39. The molecule has 4 aromatic carbocycles. The maximum absolute atomic E-state index is 14.5. The van der Waals surface area contributed by atoms with Crippen LogP contribution in [0.4, 0.5) is 60.1 Å². The molecular formula is C45H31Cl2F10N9O4. The van der Waals surface area contributed by atoms with Crippen LogP contribution < -0.4 is 16.4 Å². The minimum absolute atomic E-state index is 0.0245. The third-order valence-electron chi connectivity index (χ3n) is 9.53. The number of carboxylic acid groups (broad SMARTS) is 1. The number of aliphatic imine (C=N–C) groups is 1. The number of carboxylic acids is 1. The summed E-state index contributed by atoms with van der Waals surface area (Å²) in [6.45, 7) is 0. The molecule has 0 aliphatic carbocycles. The number of carbonyl (C=O) groups excluding carboxylic acids is 2. The molecule has 0 fully saturated rings. The van der Waals surface area contributed by atoms with Crippen molar-refractivity contribution in [1.29, 1.82) is 0 Å². The van der Waals surface area contributed by atoms with E-state index in [2.05, 4.69) is 40.8 Å². The number of urea groups is 1. The highest BCUT2D eigenvalue weighted by Gasteiger charge is 2.42. The number of isocyanates is 1. The Labute approximate surface area is 398 Å². The molecule has 0 bridgehead atoms. The van der Waals surface area contributed by atoms with E-state index in [-0.39, 0.29) is 56.2 Å². The van der Waals surface area contributed by atoms with Gasteiger partial charge in [-0.05, 0) is 102 Å². The number of alkyl halides is 6. The lowest BCUT2D eigenvalue weighted by Gasteiger charge is -2.35. The molecule has 13 nitrogen and oxygen atoms in total. The third-order valence-corrected chi connectivity index (χ3v) is 9.97. The highest BCUT2D eigenvalue weighted by atomic mass is 35.5. The van der Waals surface area contributed by atoms with E-state index in [0.29, 0.717) is 24.3 Å². The predicted molar refractivity (Wildman–Crippen MR) is 232 cm³/mol. The van der Waals surface area contributed by atoms with Crippen molar-refractivity contribution in [2.75, 3.05) is 5.32 Å². The molecule has 0 aliphatic heterocycles. The molecule has 0 saturated heterocycles. The Morgan fingerprint density at radius 1 is 0.686 bits per heavy atom. The van der Waals surface area contributed by atoms with Crippen LogP contribution in [0, 0.1) is 23.3 Å². The van der Waals surface area contributed by atoms with Gasteiger partial charge in [-0.25, -0.2) is 32.1 Å². The summed E-state index contributed by atoms with van der Waals surface area (Å²) < 4.78 is 134. The van der Waals surface area contributed by atoms with Crippen molar-refractivity contribution in [2.45, 2.75) is 36.3 Å². The molecule has 70 heavy (non-hydrogen) atoms. The average molecular weight is 1020 g/mol. The van der Waals surface area contributed by atoms with Crippen molar-refractivity contribution in [3.05, 3.63) is 201 Å². The van der Waals surface area contributed by atoms with Crippen LogP contribution in [0.1, 0.15) is 45.9 Å². The molecule has 0 radical (unpaired) electrons. The lowest BCUT2D eigenvalue weighted by Crippen LogP contribution is -2.51. The summed E-state index contributed by atoms with van der Waals surface area (Å²) in [5.41, 5.74) is -0.659. The smallest absolute Gasteiger partial charge is 0.416 e. The summed E-state index contributed by atoms with van der Waals surface area (Å²) >= 11 is 11.6. The van der Waals surface area contributed by atoms with Gasteiger partial charge in [0.15, 0.2) is 0 Å². The van der Waals surface area contributed by atoms with Crippen molar-refractivity contribution < 1.29 is 63.4 Å². The number of aromatic amines is 1. The largest absolute Gasteiger partial charge is 0.481 e. The second-order valence-corrected chi connectivity index (χ2v) is 15.4. The molecule has 364 valence electrons. The molecule has 7 aromatic rings. The number of nitrogens with zero attached hydrogens (tertiary/aromatic N) is 5. The van der Waals surface area contributed by atoms with E-state index in [1.54, 1.807) is 0 Å². The van der Waals surface area contributed by atoms with Crippen LogP contribution in [0.3, 0.4) is 0 Å². The van der Waals surface area contributed by atoms with Crippen molar-refractivity contribution in [3.8, 4) is 0 Å². The molecule has 2 atom stereocenters. The maximum atomic E-state index is 14.5. The van der Waals surface area contributed by atoms with Gasteiger partial charge in [-0.2, -0.15) is 36.4 Å². The number of pyridine rings is 2. The summed E-state index contributed by atoms with van der Waals surface area (Å²) in [7, 11) is 0. The first-order valence-corrected chi connectivity index (χ1v) is 20.2. The molecule has 0 spiro atoms. The molecule has 25 heteroatoms. The summed E-state index contributed by atoms with van der Waals surface area (Å²) in [4.78, 5) is 49.2. The van der Waals surface area contributed by atoms with E-state index in [1.165, 1.54) is 79.1 Å². The molecule has 0 aliphatic rings. The average Bonchev–Trinajstić information content (AvgIpc) is 3.79. The zero-order valence-electron chi connectivity index (χ0n) is 35.1. The summed E-state index contributed by atoms with van der Waals surface area (Å²) in [5, 5.41) is 20.9. The quantitative estimate of drug-likeness (QED) is 0.0475. The lowest BCUT2D eigenvalue weighted by atomic mass is 9.81. The Morgan fingerprint density at radius 2 is 1.23 bits per heavy atom. The maximum Gasteiger partial charge on any atom is 0.416 e. The summed E-state index contributed by atoms with van der Waals surface area (Å²) in [5.74, 6) is -4.64. The van der Waals surface area contributed by atoms with E-state index in [9.17, 15) is 58.3 Å². The Hall–Kier alpha value is -7.72. The number of nitrogens with two attached hydrogens (primary N) is 1. The number of hydrogen-bond donors (Lipinski definition) is 5. The van der Waals surface area contributed by atoms with Crippen LogP contribution >= 0.6 is 23.2 Å². The first kappa shape index (κ1) is 53.2. The zero-order valence-corrected chi connectivity index (χ0v) is 36.6. The Bertz CT molecular complexity index is 2980. The zero-order chi connectivity index (χ0) is 51.4. The predicted octanol–water partition coefficient (Wildman–Crippen LogP) is 10.8. The van der Waals surface area contributed by atoms with Crippen LogP contribution in [0.25, 0.3) is 0 Å². The Kier molecular flexibility index (Phi) is 17.2. The number of carbonyl (C=O) groups is 2. The van der Waals surface area contributed by atoms with Gasteiger partial charge in [0.25, 0.3) is 0 Å². The molecule has 3 aromatic heterocycles. The van der Waals surface area contributed by atoms with Gasteiger partial charge in [-0.15, -0.1) is 0 Å². The summed E-state index contributed by atoms with van der Waals surface area (Å²) in [6.07, 6.45) is -5.91. The SMILES string of the molecule is N[C@@](CC(=O)O)(c1cc(F)cc(C(F)(F)F)c1)c1ccc(Cl)cn1.O=C(Nc1cccc(F)c1)N[C@@](Cc1ncn[nH]1)(c1cc(F)cc(C(F)(F)F)c1)c1ccc(Cl)cn1.O=C=Nc1cccc(F)c1. The van der Waals surface area contributed by atoms with Crippen LogP contribution in [0.2, 0.25) is 10.0 Å². The topological polar surface area (TPSA) is 201 Å². The van der Waals surface area contributed by atoms with Gasteiger partial charge >= 0.3 is 24.4 Å². The molecule has 0 saturated carbocycles. The molecule has 6 N–H and O–H groups in total. The Balaban J connectivity index is 0.000000229. The minimum Gasteiger partial charge on any atom is -0.481 e. The monoisotopic (exact) mass is 1020 g/mol. The Morgan fingerprint density at radius 3 is 1.73 bits per heavy atom. The van der Waals surface area contributed by atoms with E-state index in [4.69, 9.17) is 34.0 Å². The van der Waals surface area contributed by atoms with Crippen molar-refractivity contribution in [2.24, 2.45) is 10.7 Å². The van der Waals surface area contributed by atoms with Crippen LogP contribution in [0.15, 0.2) is 133 Å². The standard InChI is InChI=1S/C23H16ClF5N6O.C15H11ClF4N2O2.C7H4FNO/c24-15-4-5-19(30-11-15)22(10-20-31-12-32-35-20,13-6-14(23(27,28)29)8-17(26)7-13)34-21(36)33-18-3-1-2-16(25)9-18;16-10-1-2-12(22-7-10)14(21,6-13(23)24)8-3-9(15(18,19)20)5-11(17)4-8;8-6-2-1-3-7(4-6)9-5-10/h1-9,11-12H,10H2,(H,31,32,35)(H2,33,34,36);1-5,7H,6,21H2,(H,23,24);1-4H/t22-;14-;/m00./s1. The van der Waals surface area contributed by atoms with Gasteiger partial charge in [0, 0.05) is 30.6 Å². The molecule has 0 unspecified atom stereocenters. The lowest BCUT2D eigenvalue weighted by molar-refractivity contribution is -0.139. The number of aromatic nitrogens is 5. The van der Waals surface area contributed by atoms with Gasteiger partial charge in [0.05, 0.1) is 50.2 Å². The van der Waals surface area contributed by atoms with Crippen molar-refractivity contribution >= 4 is 52.7 Å². The van der Waals surface area contributed by atoms with Crippen LogP contribution in [0.5, 0.6) is 0 Å². The number of amides is 2. The van der Waals surface area contributed by atoms with E-state index in [1.807, 2.05) is 0 Å². The van der Waals surface area contributed by atoms with Gasteiger partial charge in [-0.1, -0.05) is 35.3 Å². The first-order valence-electron chi connectivity index (χ1n) is 19.4. The second kappa shape index (κ2) is 22.6. The van der Waals surface area contributed by atoms with Crippen molar-refractivity contribution in [1.82, 2.24) is 30.5 Å². The molecular weight excluding hydrogens is 991 g/mol. The fraction of sp³-hybridized carbons (Fsp3) is 0.133. The van der Waals surface area contributed by atoms with E-state index >= 15 is 0 Å². The number of rotatable bonds is 11. The van der Waals surface area contributed by atoms with E-state index in [0.717, 1.165) is 30.6 Å². The van der Waals surface area contributed by atoms with Gasteiger partial charge in [-0.3, -0.25) is 19.9 Å². The van der Waals surface area contributed by atoms with Gasteiger partial charge < -0.3 is 21.5 Å². The number of H-pyrrole nitrogens is 1. The highest BCUT2D eigenvalue weighted by molar-refractivity contribution is 6.30. The number of nitrogens with one attached hydrogen (secondary N) is 3. The van der Waals surface area contributed by atoms with E-state index < -0.39 is 76.2 Å². The van der Waals surface area contributed by atoms with Crippen LogP contribution in [-0.4, -0.2) is 48.3 Å². The summed E-state index contributed by atoms with van der Waals surface area (Å²) in [6, 6.07) is 18.5. The second-order valence-electron chi connectivity index (χ2n) is 14.5. The fourth-order valence-electron chi connectivity index (χ4n) is 6.47. The molecule has 7 rings (SSSR count). The fourth-order valence-corrected chi connectivity index (χ4v) is 6.69. The minimum atomic E-state index is -4.88. The third kappa shape index (κ3) is 14.4. The van der Waals surface area contributed by atoms with Gasteiger partial charge in [0.2, 0.25) is 6.08 Å². The first-order chi connectivity index (χ1) is 32.9. The number of hydrogen-bond acceptors (Lipinski definition) is 9. The molecule has 2 amide bonds. The number of benzene rings is 4. The molecule has 3 heterocycles. The normalized spacial score (nSPS) is 12.9. The van der Waals surface area contributed by atoms with Gasteiger partial charge in [0.1, 0.15) is 41.0 Å². The number of aliphatic carboxylic acids is 1.